The lowest BCUT2D eigenvalue weighted by atomic mass is 9.76. The van der Waals surface area contributed by atoms with Crippen LogP contribution in [0, 0.1) is 17.7 Å². The van der Waals surface area contributed by atoms with Gasteiger partial charge in [0, 0.05) is 5.56 Å². The van der Waals surface area contributed by atoms with Gasteiger partial charge in [-0.1, -0.05) is 70.9 Å². The molecule has 1 fully saturated rings. The van der Waals surface area contributed by atoms with E-state index in [1.165, 1.54) is 38.5 Å². The van der Waals surface area contributed by atoms with Crippen molar-refractivity contribution in [1.29, 1.82) is 0 Å². The van der Waals surface area contributed by atoms with Gasteiger partial charge >= 0.3 is 0 Å². The van der Waals surface area contributed by atoms with Gasteiger partial charge in [0.1, 0.15) is 11.9 Å². The molecule has 3 heteroatoms. The molecule has 1 saturated carbocycles. The van der Waals surface area contributed by atoms with Gasteiger partial charge in [0.05, 0.1) is 0 Å². The van der Waals surface area contributed by atoms with E-state index in [2.05, 4.69) is 13.8 Å². The van der Waals surface area contributed by atoms with Gasteiger partial charge in [0.2, 0.25) is 0 Å². The molecule has 0 amide bonds. The summed E-state index contributed by atoms with van der Waals surface area (Å²) in [6.07, 6.45) is 12.1. The van der Waals surface area contributed by atoms with Crippen LogP contribution < -0.4 is 0 Å². The number of halogens is 1. The van der Waals surface area contributed by atoms with Crippen molar-refractivity contribution < 1.29 is 14.5 Å². The van der Waals surface area contributed by atoms with Gasteiger partial charge in [-0.2, -0.15) is 0 Å². The highest BCUT2D eigenvalue weighted by molar-refractivity contribution is 5.27. The number of hydrogen-bond acceptors (Lipinski definition) is 2. The minimum Gasteiger partial charge on any atom is -0.251 e. The summed E-state index contributed by atoms with van der Waals surface area (Å²) in [6.45, 7) is 4.38. The molecule has 142 valence electrons. The van der Waals surface area contributed by atoms with Crippen molar-refractivity contribution in [1.82, 2.24) is 0 Å². The van der Waals surface area contributed by atoms with Crippen LogP contribution in [0.3, 0.4) is 0 Å². The number of aryl methyl sites for hydroxylation is 1. The minimum atomic E-state index is -0.531. The molecule has 1 aliphatic rings. The van der Waals surface area contributed by atoms with E-state index < -0.39 is 6.10 Å². The molecule has 0 radical (unpaired) electrons. The summed E-state index contributed by atoms with van der Waals surface area (Å²) >= 11 is 0. The van der Waals surface area contributed by atoms with Gasteiger partial charge in [0.25, 0.3) is 0 Å². The van der Waals surface area contributed by atoms with Gasteiger partial charge in [0.15, 0.2) is 0 Å². The summed E-state index contributed by atoms with van der Waals surface area (Å²) in [5.41, 5.74) is 1.54. The standard InChI is InChI=1S/C22H35FO2/c1-3-5-7-9-17-10-13-19(14-11-17)22(25-24)20-15-12-18(8-6-4-2)16-21(20)23/h12,15-17,19,22,24H,3-11,13-14H2,1-2H3. The highest BCUT2D eigenvalue weighted by Crippen LogP contribution is 2.40. The maximum Gasteiger partial charge on any atom is 0.129 e. The third-order valence-electron chi connectivity index (χ3n) is 5.84. The van der Waals surface area contributed by atoms with E-state index in [0.717, 1.165) is 43.6 Å². The molecule has 0 heterocycles. The summed E-state index contributed by atoms with van der Waals surface area (Å²) in [6, 6.07) is 5.42. The van der Waals surface area contributed by atoms with Crippen LogP contribution in [0.4, 0.5) is 4.39 Å². The smallest absolute Gasteiger partial charge is 0.129 e. The molecular formula is C22H35FO2. The molecule has 0 spiro atoms. The van der Waals surface area contributed by atoms with Crippen LogP contribution >= 0.6 is 0 Å². The molecule has 0 aliphatic heterocycles. The molecule has 2 rings (SSSR count). The summed E-state index contributed by atoms with van der Waals surface area (Å²) in [5.74, 6) is 0.768. The number of hydrogen-bond donors (Lipinski definition) is 1. The van der Waals surface area contributed by atoms with Crippen LogP contribution in [0.15, 0.2) is 18.2 Å². The second kappa shape index (κ2) is 10.9. The average molecular weight is 351 g/mol. The van der Waals surface area contributed by atoms with Gasteiger partial charge in [-0.3, -0.25) is 5.26 Å². The predicted molar refractivity (Wildman–Crippen MR) is 101 cm³/mol. The fourth-order valence-electron chi connectivity index (χ4n) is 4.20. The van der Waals surface area contributed by atoms with Gasteiger partial charge < -0.3 is 0 Å². The van der Waals surface area contributed by atoms with Crippen molar-refractivity contribution >= 4 is 0 Å². The lowest BCUT2D eigenvalue weighted by Gasteiger charge is -2.32. The zero-order chi connectivity index (χ0) is 18.1. The zero-order valence-corrected chi connectivity index (χ0v) is 16.0. The number of rotatable bonds is 10. The third-order valence-corrected chi connectivity index (χ3v) is 5.84. The molecule has 2 nitrogen and oxygen atoms in total. The van der Waals surface area contributed by atoms with E-state index in [-0.39, 0.29) is 11.7 Å². The average Bonchev–Trinajstić information content (AvgIpc) is 2.63. The predicted octanol–water partition coefficient (Wildman–Crippen LogP) is 7.09. The molecule has 1 N–H and O–H groups in total. The molecule has 0 bridgehead atoms. The fourth-order valence-corrected chi connectivity index (χ4v) is 4.20. The van der Waals surface area contributed by atoms with Crippen molar-refractivity contribution in [3.63, 3.8) is 0 Å². The molecule has 1 aromatic carbocycles. The van der Waals surface area contributed by atoms with Crippen molar-refractivity contribution in [3.8, 4) is 0 Å². The molecule has 1 aliphatic carbocycles. The minimum absolute atomic E-state index is 0.211. The molecule has 0 aromatic heterocycles. The van der Waals surface area contributed by atoms with E-state index in [1.54, 1.807) is 6.07 Å². The van der Waals surface area contributed by atoms with Crippen LogP contribution in [0.2, 0.25) is 0 Å². The normalized spacial score (nSPS) is 22.1. The second-order valence-corrected chi connectivity index (χ2v) is 7.76. The quantitative estimate of drug-likeness (QED) is 0.277. The van der Waals surface area contributed by atoms with Crippen LogP contribution in [-0.4, -0.2) is 5.26 Å². The number of unbranched alkanes of at least 4 members (excludes halogenated alkanes) is 3. The molecule has 1 aromatic rings. The summed E-state index contributed by atoms with van der Waals surface area (Å²) in [7, 11) is 0. The Morgan fingerprint density at radius 2 is 1.80 bits per heavy atom. The Morgan fingerprint density at radius 1 is 1.08 bits per heavy atom. The maximum atomic E-state index is 14.6. The third kappa shape index (κ3) is 6.07. The van der Waals surface area contributed by atoms with Crippen LogP contribution in [-0.2, 0) is 11.3 Å². The van der Waals surface area contributed by atoms with Gasteiger partial charge in [-0.15, -0.1) is 0 Å². The molecule has 1 atom stereocenters. The van der Waals surface area contributed by atoms with Crippen molar-refractivity contribution in [2.75, 3.05) is 0 Å². The molecule has 1 unspecified atom stereocenters. The fraction of sp³-hybridized carbons (Fsp3) is 0.727. The van der Waals surface area contributed by atoms with E-state index in [0.29, 0.717) is 5.56 Å². The first-order chi connectivity index (χ1) is 12.2. The highest BCUT2D eigenvalue weighted by Gasteiger charge is 2.31. The monoisotopic (exact) mass is 350 g/mol. The van der Waals surface area contributed by atoms with E-state index >= 15 is 0 Å². The summed E-state index contributed by atoms with van der Waals surface area (Å²) in [5, 5.41) is 9.44. The highest BCUT2D eigenvalue weighted by atomic mass is 19.1. The Labute approximate surface area is 152 Å². The Balaban J connectivity index is 1.94. The first kappa shape index (κ1) is 20.4. The molecule has 0 saturated heterocycles. The Kier molecular flexibility index (Phi) is 8.91. The largest absolute Gasteiger partial charge is 0.251 e. The topological polar surface area (TPSA) is 29.5 Å². The van der Waals surface area contributed by atoms with E-state index in [4.69, 9.17) is 4.89 Å². The van der Waals surface area contributed by atoms with Gasteiger partial charge in [-0.05, 0) is 49.1 Å². The Morgan fingerprint density at radius 3 is 2.40 bits per heavy atom. The lowest BCUT2D eigenvalue weighted by molar-refractivity contribution is -0.296. The van der Waals surface area contributed by atoms with E-state index in [9.17, 15) is 9.65 Å². The molecular weight excluding hydrogens is 315 g/mol. The lowest BCUT2D eigenvalue weighted by Crippen LogP contribution is -2.22. The van der Waals surface area contributed by atoms with Crippen LogP contribution in [0.1, 0.15) is 95.3 Å². The zero-order valence-electron chi connectivity index (χ0n) is 16.0. The first-order valence-corrected chi connectivity index (χ1v) is 10.3. The first-order valence-electron chi connectivity index (χ1n) is 10.3. The van der Waals surface area contributed by atoms with Crippen molar-refractivity contribution in [2.24, 2.45) is 11.8 Å². The van der Waals surface area contributed by atoms with Crippen molar-refractivity contribution in [2.45, 2.75) is 90.6 Å². The number of benzene rings is 1. The summed E-state index contributed by atoms with van der Waals surface area (Å²) in [4.78, 5) is 4.77. The second-order valence-electron chi connectivity index (χ2n) is 7.76. The SMILES string of the molecule is CCCCCC1CCC(C(OO)c2ccc(CCCC)cc2F)CC1. The van der Waals surface area contributed by atoms with E-state index in [1.807, 2.05) is 12.1 Å². The Hall–Kier alpha value is -0.930. The summed E-state index contributed by atoms with van der Waals surface area (Å²) < 4.78 is 14.6. The van der Waals surface area contributed by atoms with Crippen LogP contribution in [0.5, 0.6) is 0 Å². The van der Waals surface area contributed by atoms with Crippen molar-refractivity contribution in [3.05, 3.63) is 35.1 Å². The Bertz CT molecular complexity index is 495. The molecule has 25 heavy (non-hydrogen) atoms. The van der Waals surface area contributed by atoms with Crippen LogP contribution in [0.25, 0.3) is 0 Å². The maximum absolute atomic E-state index is 14.6. The van der Waals surface area contributed by atoms with Gasteiger partial charge in [-0.25, -0.2) is 9.28 Å².